The van der Waals surface area contributed by atoms with Gasteiger partial charge in [-0.15, -0.1) is 0 Å². The van der Waals surface area contributed by atoms with Crippen LogP contribution in [0.25, 0.3) is 10.9 Å². The first-order valence-corrected chi connectivity index (χ1v) is 6.60. The van der Waals surface area contributed by atoms with Gasteiger partial charge in [0.05, 0.1) is 10.9 Å². The Balaban J connectivity index is 2.03. The summed E-state index contributed by atoms with van der Waals surface area (Å²) in [6.07, 6.45) is 0. The molecular formula is C16H13N3O3. The predicted molar refractivity (Wildman–Crippen MR) is 83.3 cm³/mol. The second-order valence-corrected chi connectivity index (χ2v) is 4.77. The van der Waals surface area contributed by atoms with E-state index in [0.717, 1.165) is 5.69 Å². The van der Waals surface area contributed by atoms with Gasteiger partial charge in [0.25, 0.3) is 0 Å². The van der Waals surface area contributed by atoms with Crippen LogP contribution in [-0.4, -0.2) is 17.9 Å². The number of carbonyl (C=O) groups excluding carboxylic acids is 1. The van der Waals surface area contributed by atoms with Crippen molar-refractivity contribution in [2.24, 2.45) is 5.73 Å². The van der Waals surface area contributed by atoms with Gasteiger partial charge in [-0.1, -0.05) is 12.1 Å². The Morgan fingerprint density at radius 1 is 1.14 bits per heavy atom. The molecule has 0 aliphatic carbocycles. The van der Waals surface area contributed by atoms with Gasteiger partial charge in [-0.05, 0) is 36.4 Å². The molecule has 2 N–H and O–H groups in total. The molecule has 110 valence electrons. The SMILES string of the molecule is CN(c1ccc(C(N)=O)cc1)c1nc2ccccc2c(=O)o1. The van der Waals surface area contributed by atoms with Crippen LogP contribution in [0.3, 0.4) is 0 Å². The maximum absolute atomic E-state index is 12.0. The van der Waals surface area contributed by atoms with E-state index in [1.165, 1.54) is 0 Å². The molecule has 0 aliphatic rings. The fraction of sp³-hybridized carbons (Fsp3) is 0.0625. The number of amides is 1. The Kier molecular flexibility index (Phi) is 3.34. The normalized spacial score (nSPS) is 10.6. The number of nitrogens with two attached hydrogens (primary N) is 1. The third-order valence-electron chi connectivity index (χ3n) is 3.35. The number of fused-ring (bicyclic) bond motifs is 1. The zero-order chi connectivity index (χ0) is 15.7. The quantitative estimate of drug-likeness (QED) is 0.798. The summed E-state index contributed by atoms with van der Waals surface area (Å²) in [5, 5.41) is 0.434. The van der Waals surface area contributed by atoms with Crippen LogP contribution in [-0.2, 0) is 0 Å². The van der Waals surface area contributed by atoms with Crippen molar-refractivity contribution in [1.29, 1.82) is 0 Å². The number of carbonyl (C=O) groups is 1. The van der Waals surface area contributed by atoms with Crippen molar-refractivity contribution in [2.75, 3.05) is 11.9 Å². The number of hydrogen-bond donors (Lipinski definition) is 1. The minimum Gasteiger partial charge on any atom is -0.388 e. The fourth-order valence-electron chi connectivity index (χ4n) is 2.11. The summed E-state index contributed by atoms with van der Waals surface area (Å²) < 4.78 is 5.25. The summed E-state index contributed by atoms with van der Waals surface area (Å²) in [5.74, 6) is -0.496. The van der Waals surface area contributed by atoms with E-state index >= 15 is 0 Å². The Bertz CT molecular complexity index is 900. The highest BCUT2D eigenvalue weighted by atomic mass is 16.4. The molecule has 2 aromatic carbocycles. The summed E-state index contributed by atoms with van der Waals surface area (Å²) in [7, 11) is 1.72. The number of nitrogens with zero attached hydrogens (tertiary/aromatic N) is 2. The highest BCUT2D eigenvalue weighted by molar-refractivity contribution is 5.93. The summed E-state index contributed by atoms with van der Waals surface area (Å²) in [6.45, 7) is 0. The van der Waals surface area contributed by atoms with E-state index in [2.05, 4.69) is 4.98 Å². The minimum absolute atomic E-state index is 0.176. The molecule has 3 aromatic rings. The van der Waals surface area contributed by atoms with E-state index in [4.69, 9.17) is 10.2 Å². The standard InChI is InChI=1S/C16H13N3O3/c1-19(11-8-6-10(7-9-11)14(17)20)16-18-13-5-3-2-4-12(13)15(21)22-16/h2-9H,1H3,(H2,17,20). The molecule has 0 unspecified atom stereocenters. The molecule has 0 spiro atoms. The molecule has 6 nitrogen and oxygen atoms in total. The number of rotatable bonds is 3. The van der Waals surface area contributed by atoms with Gasteiger partial charge in [0, 0.05) is 18.3 Å². The molecule has 22 heavy (non-hydrogen) atoms. The van der Waals surface area contributed by atoms with Crippen LogP contribution in [0.5, 0.6) is 0 Å². The third-order valence-corrected chi connectivity index (χ3v) is 3.35. The molecule has 1 aromatic heterocycles. The Hall–Kier alpha value is -3.15. The van der Waals surface area contributed by atoms with Gasteiger partial charge in [0.1, 0.15) is 0 Å². The number of anilines is 2. The first-order valence-electron chi connectivity index (χ1n) is 6.60. The van der Waals surface area contributed by atoms with Gasteiger partial charge in [-0.25, -0.2) is 4.79 Å². The number of aromatic nitrogens is 1. The molecule has 0 aliphatic heterocycles. The van der Waals surface area contributed by atoms with Crippen molar-refractivity contribution < 1.29 is 9.21 Å². The molecular weight excluding hydrogens is 282 g/mol. The average molecular weight is 295 g/mol. The fourth-order valence-corrected chi connectivity index (χ4v) is 2.11. The van der Waals surface area contributed by atoms with Crippen molar-refractivity contribution in [3.8, 4) is 0 Å². The second-order valence-electron chi connectivity index (χ2n) is 4.77. The monoisotopic (exact) mass is 295 g/mol. The summed E-state index contributed by atoms with van der Waals surface area (Å²) in [5.41, 5.74) is 6.46. The highest BCUT2D eigenvalue weighted by Crippen LogP contribution is 2.22. The topological polar surface area (TPSA) is 89.4 Å². The minimum atomic E-state index is -0.496. The molecule has 6 heteroatoms. The van der Waals surface area contributed by atoms with Gasteiger partial charge >= 0.3 is 11.6 Å². The van der Waals surface area contributed by atoms with Crippen molar-refractivity contribution in [3.05, 3.63) is 64.5 Å². The maximum atomic E-state index is 12.0. The maximum Gasteiger partial charge on any atom is 0.348 e. The van der Waals surface area contributed by atoms with Gasteiger partial charge in [-0.3, -0.25) is 9.69 Å². The molecule has 0 bridgehead atoms. The largest absolute Gasteiger partial charge is 0.388 e. The lowest BCUT2D eigenvalue weighted by Gasteiger charge is -2.16. The van der Waals surface area contributed by atoms with Crippen molar-refractivity contribution in [2.45, 2.75) is 0 Å². The highest BCUT2D eigenvalue weighted by Gasteiger charge is 2.12. The zero-order valence-corrected chi connectivity index (χ0v) is 11.8. The Morgan fingerprint density at radius 2 is 1.82 bits per heavy atom. The molecule has 3 rings (SSSR count). The van der Waals surface area contributed by atoms with Crippen LogP contribution >= 0.6 is 0 Å². The first-order chi connectivity index (χ1) is 10.6. The zero-order valence-electron chi connectivity index (χ0n) is 11.8. The third kappa shape index (κ3) is 2.42. The number of para-hydroxylation sites is 1. The Morgan fingerprint density at radius 3 is 2.50 bits per heavy atom. The molecule has 0 saturated heterocycles. The summed E-state index contributed by atoms with van der Waals surface area (Å²) in [4.78, 5) is 29.0. The van der Waals surface area contributed by atoms with Crippen LogP contribution in [0.4, 0.5) is 11.7 Å². The van der Waals surface area contributed by atoms with E-state index in [1.807, 2.05) is 0 Å². The van der Waals surface area contributed by atoms with Crippen LogP contribution < -0.4 is 16.3 Å². The molecule has 1 amide bonds. The van der Waals surface area contributed by atoms with Crippen LogP contribution in [0.15, 0.2) is 57.7 Å². The van der Waals surface area contributed by atoms with Crippen LogP contribution in [0.2, 0.25) is 0 Å². The van der Waals surface area contributed by atoms with E-state index in [1.54, 1.807) is 60.5 Å². The van der Waals surface area contributed by atoms with Crippen molar-refractivity contribution in [1.82, 2.24) is 4.98 Å². The lowest BCUT2D eigenvalue weighted by molar-refractivity contribution is 0.100. The summed E-state index contributed by atoms with van der Waals surface area (Å²) >= 11 is 0. The van der Waals surface area contributed by atoms with Crippen molar-refractivity contribution >= 4 is 28.5 Å². The van der Waals surface area contributed by atoms with Gasteiger partial charge in [0.15, 0.2) is 0 Å². The molecule has 0 saturated carbocycles. The Labute approximate surface area is 125 Å². The average Bonchev–Trinajstić information content (AvgIpc) is 2.54. The van der Waals surface area contributed by atoms with E-state index in [0.29, 0.717) is 16.5 Å². The molecule has 0 radical (unpaired) electrons. The van der Waals surface area contributed by atoms with E-state index in [-0.39, 0.29) is 6.01 Å². The van der Waals surface area contributed by atoms with Crippen LogP contribution in [0, 0.1) is 0 Å². The lowest BCUT2D eigenvalue weighted by atomic mass is 10.2. The molecule has 1 heterocycles. The van der Waals surface area contributed by atoms with Gasteiger partial charge in [0.2, 0.25) is 5.91 Å². The number of benzene rings is 2. The number of primary amides is 1. The smallest absolute Gasteiger partial charge is 0.348 e. The molecule has 0 atom stereocenters. The first kappa shape index (κ1) is 13.8. The van der Waals surface area contributed by atoms with Crippen LogP contribution in [0.1, 0.15) is 10.4 Å². The van der Waals surface area contributed by atoms with Crippen molar-refractivity contribution in [3.63, 3.8) is 0 Å². The second kappa shape index (κ2) is 5.33. The predicted octanol–water partition coefficient (Wildman–Crippen LogP) is 2.05. The van der Waals surface area contributed by atoms with E-state index < -0.39 is 11.5 Å². The van der Waals surface area contributed by atoms with Gasteiger partial charge in [-0.2, -0.15) is 4.98 Å². The number of hydrogen-bond acceptors (Lipinski definition) is 5. The summed E-state index contributed by atoms with van der Waals surface area (Å²) in [6, 6.07) is 13.8. The molecule has 0 fully saturated rings. The van der Waals surface area contributed by atoms with E-state index in [9.17, 15) is 9.59 Å². The van der Waals surface area contributed by atoms with Gasteiger partial charge < -0.3 is 10.2 Å². The lowest BCUT2D eigenvalue weighted by Crippen LogP contribution is -2.15.